The van der Waals surface area contributed by atoms with Gasteiger partial charge in [0.1, 0.15) is 5.52 Å². The topological polar surface area (TPSA) is 86.2 Å². The number of aromatic nitrogens is 1. The van der Waals surface area contributed by atoms with Gasteiger partial charge in [-0.1, -0.05) is 6.07 Å². The second-order valence-corrected chi connectivity index (χ2v) is 2.69. The van der Waals surface area contributed by atoms with E-state index in [4.69, 9.17) is 10.2 Å². The monoisotopic (exact) mass is 190 g/mol. The molecule has 2 N–H and O–H groups in total. The number of nitrogens with two attached hydrogens (primary N) is 1. The molecule has 2 rings (SSSR count). The largest absolute Gasteiger partial charge is 0.434 e. The van der Waals surface area contributed by atoms with Crippen LogP contribution in [0, 0.1) is 0 Å². The summed E-state index contributed by atoms with van der Waals surface area (Å²) in [5.74, 6) is -0.657. The van der Waals surface area contributed by atoms with Crippen molar-refractivity contribution in [3.8, 4) is 0 Å². The van der Waals surface area contributed by atoms with Crippen LogP contribution in [0.2, 0.25) is 0 Å². The molecule has 1 aromatic heterocycles. The first-order valence-electron chi connectivity index (χ1n) is 3.87. The first kappa shape index (κ1) is 8.43. The number of fused-ring (bicyclic) bond motifs is 1. The lowest BCUT2D eigenvalue weighted by atomic mass is 10.2. The molecule has 0 aliphatic carbocycles. The summed E-state index contributed by atoms with van der Waals surface area (Å²) in [6.07, 6.45) is 0.477. The fourth-order valence-electron chi connectivity index (χ4n) is 1.21. The number of primary amides is 1. The summed E-state index contributed by atoms with van der Waals surface area (Å²) in [6.45, 7) is 0. The number of nitrogens with zero attached hydrogens (tertiary/aromatic N) is 1. The number of oxazole rings is 1. The average Bonchev–Trinajstić information content (AvgIpc) is 2.59. The molecule has 70 valence electrons. The normalized spacial score (nSPS) is 10.3. The number of rotatable bonds is 2. The van der Waals surface area contributed by atoms with Crippen molar-refractivity contribution in [3.05, 3.63) is 29.7 Å². The van der Waals surface area contributed by atoms with Crippen molar-refractivity contribution >= 4 is 23.3 Å². The molecule has 1 amide bonds. The summed E-state index contributed by atoms with van der Waals surface area (Å²) in [4.78, 5) is 25.2. The van der Waals surface area contributed by atoms with Crippen LogP contribution in [0.5, 0.6) is 0 Å². The number of carbonyl (C=O) groups excluding carboxylic acids is 2. The Labute approximate surface area is 78.5 Å². The van der Waals surface area contributed by atoms with Gasteiger partial charge in [-0.3, -0.25) is 9.59 Å². The van der Waals surface area contributed by atoms with Crippen LogP contribution in [0.3, 0.4) is 0 Å². The van der Waals surface area contributed by atoms with Crippen LogP contribution < -0.4 is 5.73 Å². The zero-order chi connectivity index (χ0) is 10.1. The van der Waals surface area contributed by atoms with Crippen molar-refractivity contribution in [3.63, 3.8) is 0 Å². The van der Waals surface area contributed by atoms with Gasteiger partial charge in [-0.05, 0) is 12.1 Å². The standard InChI is InChI=1S/C9H6N2O3/c10-9(13)5-2-1-3-6-8(5)11-7(4-12)14-6/h1-4H,(H2,10,13). The van der Waals surface area contributed by atoms with Crippen molar-refractivity contribution in [2.45, 2.75) is 0 Å². The SMILES string of the molecule is NC(=O)c1cccc2oc(C=O)nc12. The van der Waals surface area contributed by atoms with E-state index in [9.17, 15) is 9.59 Å². The average molecular weight is 190 g/mol. The second kappa shape index (κ2) is 2.95. The van der Waals surface area contributed by atoms with Crippen LogP contribution in [0.1, 0.15) is 21.0 Å². The number of para-hydroxylation sites is 1. The molecular weight excluding hydrogens is 184 g/mol. The first-order chi connectivity index (χ1) is 6.72. The summed E-state index contributed by atoms with van der Waals surface area (Å²) in [5.41, 5.74) is 6.07. The third-order valence-corrected chi connectivity index (χ3v) is 1.80. The Morgan fingerprint density at radius 1 is 1.50 bits per heavy atom. The van der Waals surface area contributed by atoms with Crippen LogP contribution in [-0.4, -0.2) is 17.2 Å². The predicted molar refractivity (Wildman–Crippen MR) is 47.9 cm³/mol. The zero-order valence-electron chi connectivity index (χ0n) is 7.06. The molecule has 0 radical (unpaired) electrons. The molecule has 5 heteroatoms. The summed E-state index contributed by atoms with van der Waals surface area (Å²) in [6, 6.07) is 4.76. The Balaban J connectivity index is 2.79. The first-order valence-corrected chi connectivity index (χ1v) is 3.87. The number of hydrogen-bond donors (Lipinski definition) is 1. The minimum atomic E-state index is -0.596. The van der Waals surface area contributed by atoms with E-state index in [1.807, 2.05) is 0 Å². The maximum absolute atomic E-state index is 11.0. The Hall–Kier alpha value is -2.17. The lowest BCUT2D eigenvalue weighted by Gasteiger charge is -1.93. The van der Waals surface area contributed by atoms with Crippen LogP contribution in [-0.2, 0) is 0 Å². The highest BCUT2D eigenvalue weighted by atomic mass is 16.4. The van der Waals surface area contributed by atoms with Gasteiger partial charge in [0.25, 0.3) is 11.8 Å². The van der Waals surface area contributed by atoms with Crippen molar-refractivity contribution in [1.29, 1.82) is 0 Å². The quantitative estimate of drug-likeness (QED) is 0.707. The van der Waals surface area contributed by atoms with E-state index in [2.05, 4.69) is 4.98 Å². The molecular formula is C9H6N2O3. The minimum absolute atomic E-state index is 0.0614. The molecule has 0 atom stereocenters. The van der Waals surface area contributed by atoms with Crippen LogP contribution >= 0.6 is 0 Å². The minimum Gasteiger partial charge on any atom is -0.434 e. The Kier molecular flexibility index (Phi) is 1.78. The van der Waals surface area contributed by atoms with Gasteiger partial charge in [0.15, 0.2) is 5.58 Å². The Morgan fingerprint density at radius 3 is 2.93 bits per heavy atom. The third-order valence-electron chi connectivity index (χ3n) is 1.80. The number of hydrogen-bond acceptors (Lipinski definition) is 4. The smallest absolute Gasteiger partial charge is 0.260 e. The molecule has 0 unspecified atom stereocenters. The molecule has 2 aromatic rings. The second-order valence-electron chi connectivity index (χ2n) is 2.69. The van der Waals surface area contributed by atoms with E-state index in [0.29, 0.717) is 17.4 Å². The Bertz CT molecular complexity index is 516. The summed E-state index contributed by atoms with van der Waals surface area (Å²) in [7, 11) is 0. The van der Waals surface area contributed by atoms with E-state index >= 15 is 0 Å². The highest BCUT2D eigenvalue weighted by molar-refractivity contribution is 6.03. The molecule has 1 heterocycles. The van der Waals surface area contributed by atoms with Gasteiger partial charge < -0.3 is 10.2 Å². The van der Waals surface area contributed by atoms with Gasteiger partial charge in [0, 0.05) is 0 Å². The number of carbonyl (C=O) groups is 2. The predicted octanol–water partition coefficient (Wildman–Crippen LogP) is 0.739. The number of benzene rings is 1. The van der Waals surface area contributed by atoms with Gasteiger partial charge in [0.2, 0.25) is 6.29 Å². The van der Waals surface area contributed by atoms with Gasteiger partial charge in [0.05, 0.1) is 5.56 Å². The van der Waals surface area contributed by atoms with Gasteiger partial charge >= 0.3 is 0 Å². The zero-order valence-corrected chi connectivity index (χ0v) is 7.06. The fraction of sp³-hybridized carbons (Fsp3) is 0. The van der Waals surface area contributed by atoms with Crippen LogP contribution in [0.15, 0.2) is 22.6 Å². The molecule has 0 aliphatic heterocycles. The molecule has 0 saturated heterocycles. The van der Waals surface area contributed by atoms with E-state index in [0.717, 1.165) is 0 Å². The highest BCUT2D eigenvalue weighted by Gasteiger charge is 2.11. The maximum Gasteiger partial charge on any atom is 0.260 e. The van der Waals surface area contributed by atoms with Crippen LogP contribution in [0.25, 0.3) is 11.1 Å². The lowest BCUT2D eigenvalue weighted by molar-refractivity contribution is 0.100. The molecule has 0 spiro atoms. The summed E-state index contributed by atoms with van der Waals surface area (Å²) >= 11 is 0. The van der Waals surface area contributed by atoms with E-state index < -0.39 is 5.91 Å². The van der Waals surface area contributed by atoms with Crippen molar-refractivity contribution < 1.29 is 14.0 Å². The van der Waals surface area contributed by atoms with Gasteiger partial charge in [-0.25, -0.2) is 4.98 Å². The third kappa shape index (κ3) is 1.15. The summed E-state index contributed by atoms with van der Waals surface area (Å²) < 4.78 is 5.02. The van der Waals surface area contributed by atoms with Crippen LogP contribution in [0.4, 0.5) is 0 Å². The molecule has 0 fully saturated rings. The number of aldehydes is 1. The van der Waals surface area contributed by atoms with Crippen molar-refractivity contribution in [2.24, 2.45) is 5.73 Å². The lowest BCUT2D eigenvalue weighted by Crippen LogP contribution is -2.11. The molecule has 14 heavy (non-hydrogen) atoms. The molecule has 0 aliphatic rings. The van der Waals surface area contributed by atoms with E-state index in [-0.39, 0.29) is 11.5 Å². The fourth-order valence-corrected chi connectivity index (χ4v) is 1.21. The van der Waals surface area contributed by atoms with Crippen molar-refractivity contribution in [2.75, 3.05) is 0 Å². The highest BCUT2D eigenvalue weighted by Crippen LogP contribution is 2.18. The molecule has 0 saturated carbocycles. The molecule has 5 nitrogen and oxygen atoms in total. The van der Waals surface area contributed by atoms with Gasteiger partial charge in [-0.2, -0.15) is 0 Å². The maximum atomic E-state index is 11.0. The summed E-state index contributed by atoms with van der Waals surface area (Å²) in [5, 5.41) is 0. The Morgan fingerprint density at radius 2 is 2.29 bits per heavy atom. The van der Waals surface area contributed by atoms with Gasteiger partial charge in [-0.15, -0.1) is 0 Å². The van der Waals surface area contributed by atoms with E-state index in [1.165, 1.54) is 6.07 Å². The molecule has 1 aromatic carbocycles. The number of amides is 1. The van der Waals surface area contributed by atoms with E-state index in [1.54, 1.807) is 12.1 Å². The molecule has 0 bridgehead atoms. The van der Waals surface area contributed by atoms with Crippen molar-refractivity contribution in [1.82, 2.24) is 4.98 Å².